The Hall–Kier alpha value is -3.43. The molecule has 0 saturated carbocycles. The molecule has 4 N–H and O–H groups in total. The molecule has 174 valence electrons. The molecular formula is C24H26N2O7. The van der Waals surface area contributed by atoms with Crippen LogP contribution in [0.15, 0.2) is 48.5 Å². The summed E-state index contributed by atoms with van der Waals surface area (Å²) in [6, 6.07) is 15.4. The van der Waals surface area contributed by atoms with Gasteiger partial charge in [-0.05, 0) is 35.6 Å². The Morgan fingerprint density at radius 2 is 1.70 bits per heavy atom. The number of benzene rings is 2. The number of carboxylic acids is 1. The van der Waals surface area contributed by atoms with Crippen LogP contribution in [-0.4, -0.2) is 65.7 Å². The fourth-order valence-corrected chi connectivity index (χ4v) is 4.22. The number of fused-ring (bicyclic) bond motifs is 3. The summed E-state index contributed by atoms with van der Waals surface area (Å²) in [4.78, 5) is 35.9. The van der Waals surface area contributed by atoms with Crippen LogP contribution in [0.4, 0.5) is 4.79 Å². The molecule has 9 nitrogen and oxygen atoms in total. The van der Waals surface area contributed by atoms with Gasteiger partial charge in [-0.25, -0.2) is 9.59 Å². The minimum atomic E-state index is -2.11. The van der Waals surface area contributed by atoms with E-state index in [1.54, 1.807) is 0 Å². The van der Waals surface area contributed by atoms with Crippen LogP contribution in [0, 0.1) is 0 Å². The van der Waals surface area contributed by atoms with E-state index >= 15 is 0 Å². The Morgan fingerprint density at radius 1 is 1.09 bits per heavy atom. The average molecular weight is 454 g/mol. The van der Waals surface area contributed by atoms with E-state index in [2.05, 4.69) is 22.8 Å². The number of alkyl carbamates (subject to hydrolysis) is 1. The van der Waals surface area contributed by atoms with Crippen LogP contribution in [-0.2, 0) is 19.1 Å². The summed E-state index contributed by atoms with van der Waals surface area (Å²) in [7, 11) is 0. The van der Waals surface area contributed by atoms with E-state index in [0.29, 0.717) is 6.42 Å². The topological polar surface area (TPSA) is 134 Å². The monoisotopic (exact) mass is 454 g/mol. The van der Waals surface area contributed by atoms with Crippen LogP contribution >= 0.6 is 0 Å². The maximum Gasteiger partial charge on any atom is 0.407 e. The summed E-state index contributed by atoms with van der Waals surface area (Å²) in [5.74, 6) is -2.15. The number of hydrogen-bond acceptors (Lipinski definition) is 6. The summed E-state index contributed by atoms with van der Waals surface area (Å²) in [6.45, 7) is 0.990. The number of amides is 2. The minimum Gasteiger partial charge on any atom is -0.479 e. The van der Waals surface area contributed by atoms with Gasteiger partial charge >= 0.3 is 12.1 Å². The van der Waals surface area contributed by atoms with E-state index in [1.807, 2.05) is 36.4 Å². The zero-order chi connectivity index (χ0) is 23.6. The normalized spacial score (nSPS) is 20.9. The van der Waals surface area contributed by atoms with Gasteiger partial charge < -0.3 is 30.3 Å². The molecule has 1 fully saturated rings. The summed E-state index contributed by atoms with van der Waals surface area (Å²) in [5, 5.41) is 23.8. The van der Waals surface area contributed by atoms with Gasteiger partial charge in [-0.1, -0.05) is 48.5 Å². The number of aliphatic hydroxyl groups is 1. The molecule has 2 aliphatic rings. The van der Waals surface area contributed by atoms with Gasteiger partial charge in [0.15, 0.2) is 11.7 Å². The minimum absolute atomic E-state index is 0.0830. The lowest BCUT2D eigenvalue weighted by molar-refractivity contribution is -0.156. The number of aliphatic carboxylic acids is 1. The van der Waals surface area contributed by atoms with Gasteiger partial charge in [0.05, 0.1) is 12.6 Å². The Kier molecular flexibility index (Phi) is 6.35. The van der Waals surface area contributed by atoms with Crippen LogP contribution in [0.5, 0.6) is 0 Å². The largest absolute Gasteiger partial charge is 0.479 e. The molecule has 33 heavy (non-hydrogen) atoms. The number of carbonyl (C=O) groups excluding carboxylic acids is 2. The first-order valence-corrected chi connectivity index (χ1v) is 10.7. The average Bonchev–Trinajstić information content (AvgIpc) is 3.38. The molecular weight excluding hydrogens is 428 g/mol. The molecule has 3 atom stereocenters. The highest BCUT2D eigenvalue weighted by atomic mass is 16.6. The highest BCUT2D eigenvalue weighted by molar-refractivity contribution is 5.84. The van der Waals surface area contributed by atoms with Crippen molar-refractivity contribution in [3.05, 3.63) is 59.7 Å². The van der Waals surface area contributed by atoms with Crippen LogP contribution in [0.25, 0.3) is 11.1 Å². The van der Waals surface area contributed by atoms with Crippen LogP contribution in [0.1, 0.15) is 30.4 Å². The summed E-state index contributed by atoms with van der Waals surface area (Å²) >= 11 is 0. The van der Waals surface area contributed by atoms with E-state index in [1.165, 1.54) is 0 Å². The number of carboxylic acid groups (broad SMARTS) is 1. The van der Waals surface area contributed by atoms with Crippen molar-refractivity contribution in [2.24, 2.45) is 0 Å². The van der Waals surface area contributed by atoms with E-state index in [4.69, 9.17) is 14.6 Å². The lowest BCUT2D eigenvalue weighted by atomic mass is 9.98. The van der Waals surface area contributed by atoms with E-state index in [9.17, 15) is 19.5 Å². The van der Waals surface area contributed by atoms with Crippen molar-refractivity contribution in [2.75, 3.05) is 19.8 Å². The molecule has 1 saturated heterocycles. The van der Waals surface area contributed by atoms with Crippen molar-refractivity contribution in [2.45, 2.75) is 37.0 Å². The van der Waals surface area contributed by atoms with Gasteiger partial charge in [0.2, 0.25) is 0 Å². The van der Waals surface area contributed by atoms with Gasteiger partial charge in [-0.3, -0.25) is 4.79 Å². The molecule has 0 bridgehead atoms. The first-order valence-electron chi connectivity index (χ1n) is 10.7. The molecule has 2 aromatic rings. The van der Waals surface area contributed by atoms with Crippen molar-refractivity contribution in [1.82, 2.24) is 10.6 Å². The predicted molar refractivity (Wildman–Crippen MR) is 118 cm³/mol. The SMILES string of the molecule is CC(O)(CNC(=O)[C@H]1OCC[C@H]1NC(=O)OCC1c2ccccc2-c2ccccc21)C(=O)O. The molecule has 0 spiro atoms. The summed E-state index contributed by atoms with van der Waals surface area (Å²) in [6.07, 6.45) is -1.27. The molecule has 0 aromatic heterocycles. The first-order chi connectivity index (χ1) is 15.8. The van der Waals surface area contributed by atoms with Gasteiger partial charge in [0, 0.05) is 12.5 Å². The van der Waals surface area contributed by atoms with Gasteiger partial charge in [0.25, 0.3) is 5.91 Å². The van der Waals surface area contributed by atoms with Crippen LogP contribution in [0.2, 0.25) is 0 Å². The van der Waals surface area contributed by atoms with Crippen molar-refractivity contribution < 1.29 is 34.1 Å². The highest BCUT2D eigenvalue weighted by Gasteiger charge is 2.38. The van der Waals surface area contributed by atoms with Gasteiger partial charge in [-0.2, -0.15) is 0 Å². The third kappa shape index (κ3) is 4.69. The highest BCUT2D eigenvalue weighted by Crippen LogP contribution is 2.44. The summed E-state index contributed by atoms with van der Waals surface area (Å²) in [5.41, 5.74) is 2.33. The van der Waals surface area contributed by atoms with Gasteiger partial charge in [0.1, 0.15) is 6.61 Å². The first kappa shape index (κ1) is 22.8. The Balaban J connectivity index is 1.34. The van der Waals surface area contributed by atoms with E-state index < -0.39 is 42.3 Å². The van der Waals surface area contributed by atoms with Crippen LogP contribution < -0.4 is 10.6 Å². The van der Waals surface area contributed by atoms with Crippen molar-refractivity contribution in [3.8, 4) is 11.1 Å². The van der Waals surface area contributed by atoms with Crippen molar-refractivity contribution in [3.63, 3.8) is 0 Å². The second-order valence-electron chi connectivity index (χ2n) is 8.45. The fourth-order valence-electron chi connectivity index (χ4n) is 4.22. The fraction of sp³-hybridized carbons (Fsp3) is 0.375. The van der Waals surface area contributed by atoms with E-state index in [-0.39, 0.29) is 19.1 Å². The van der Waals surface area contributed by atoms with Crippen molar-refractivity contribution >= 4 is 18.0 Å². The van der Waals surface area contributed by atoms with E-state index in [0.717, 1.165) is 29.2 Å². The maximum absolute atomic E-state index is 12.5. The standard InChI is InChI=1S/C24H26N2O7/c1-24(31,22(28)29)13-25-21(27)20-19(10-11-32-20)26-23(30)33-12-18-16-8-4-2-6-14(16)15-7-3-5-9-17(15)18/h2-9,18-20,31H,10-13H2,1H3,(H,25,27)(H,26,30)(H,28,29)/t19-,20+,24?/m1/s1. The predicted octanol–water partition coefficient (Wildman–Crippen LogP) is 1.63. The number of rotatable bonds is 7. The molecule has 1 aliphatic carbocycles. The smallest absolute Gasteiger partial charge is 0.407 e. The lowest BCUT2D eigenvalue weighted by Gasteiger charge is -2.23. The maximum atomic E-state index is 12.5. The molecule has 2 amide bonds. The zero-order valence-electron chi connectivity index (χ0n) is 18.1. The quantitative estimate of drug-likeness (QED) is 0.500. The van der Waals surface area contributed by atoms with Crippen LogP contribution in [0.3, 0.4) is 0 Å². The van der Waals surface area contributed by atoms with Crippen molar-refractivity contribution in [1.29, 1.82) is 0 Å². The molecule has 4 rings (SSSR count). The third-order valence-electron chi connectivity index (χ3n) is 6.06. The molecule has 2 aromatic carbocycles. The molecule has 9 heteroatoms. The van der Waals surface area contributed by atoms with Gasteiger partial charge in [-0.15, -0.1) is 0 Å². The second-order valence-corrected chi connectivity index (χ2v) is 8.45. The summed E-state index contributed by atoms with van der Waals surface area (Å²) < 4.78 is 10.9. The molecule has 0 radical (unpaired) electrons. The third-order valence-corrected chi connectivity index (χ3v) is 6.06. The Labute approximate surface area is 190 Å². The molecule has 1 heterocycles. The number of ether oxygens (including phenoxy) is 2. The number of carbonyl (C=O) groups is 3. The zero-order valence-corrected chi connectivity index (χ0v) is 18.1. The number of nitrogens with one attached hydrogen (secondary N) is 2. The Morgan fingerprint density at radius 3 is 2.30 bits per heavy atom. The second kappa shape index (κ2) is 9.21. The lowest BCUT2D eigenvalue weighted by Crippen LogP contribution is -2.53. The Bertz CT molecular complexity index is 1020. The molecule has 1 aliphatic heterocycles. The molecule has 1 unspecified atom stereocenters. The number of hydrogen-bond donors (Lipinski definition) is 4.